The van der Waals surface area contributed by atoms with Gasteiger partial charge in [0.2, 0.25) is 0 Å². The van der Waals surface area contributed by atoms with Crippen LogP contribution in [0, 0.1) is 5.82 Å². The third kappa shape index (κ3) is 4.56. The lowest BCUT2D eigenvalue weighted by atomic mass is 10.1. The van der Waals surface area contributed by atoms with Crippen LogP contribution in [-0.2, 0) is 6.54 Å². The van der Waals surface area contributed by atoms with Crippen molar-refractivity contribution in [2.45, 2.75) is 25.9 Å². The Labute approximate surface area is 107 Å². The van der Waals surface area contributed by atoms with Gasteiger partial charge < -0.3 is 5.73 Å². The highest BCUT2D eigenvalue weighted by molar-refractivity contribution is 7.98. The molecule has 0 aliphatic carbocycles. The van der Waals surface area contributed by atoms with Crippen LogP contribution in [0.1, 0.15) is 18.9 Å². The molecule has 1 aromatic carbocycles. The number of rotatable bonds is 6. The fraction of sp³-hybridized carbons (Fsp3) is 0.538. The number of anilines is 1. The van der Waals surface area contributed by atoms with E-state index >= 15 is 0 Å². The van der Waals surface area contributed by atoms with Crippen molar-refractivity contribution in [1.29, 1.82) is 0 Å². The molecule has 0 saturated carbocycles. The van der Waals surface area contributed by atoms with Gasteiger partial charge in [-0.05, 0) is 56.2 Å². The Morgan fingerprint density at radius 2 is 2.18 bits per heavy atom. The number of hydrogen-bond acceptors (Lipinski definition) is 3. The Kier molecular flexibility index (Phi) is 5.78. The lowest BCUT2D eigenvalue weighted by molar-refractivity contribution is 0.245. The normalized spacial score (nSPS) is 13.0. The number of thioether (sulfide) groups is 1. The van der Waals surface area contributed by atoms with Crippen molar-refractivity contribution in [3.63, 3.8) is 0 Å². The molecule has 2 N–H and O–H groups in total. The molecule has 0 aliphatic rings. The molecule has 96 valence electrons. The molecule has 0 fully saturated rings. The quantitative estimate of drug-likeness (QED) is 0.793. The molecule has 0 aliphatic heterocycles. The topological polar surface area (TPSA) is 29.3 Å². The summed E-state index contributed by atoms with van der Waals surface area (Å²) in [6, 6.07) is 5.03. The zero-order chi connectivity index (χ0) is 12.8. The summed E-state index contributed by atoms with van der Waals surface area (Å²) in [6.45, 7) is 2.88. The Balaban J connectivity index is 2.60. The van der Waals surface area contributed by atoms with Gasteiger partial charge >= 0.3 is 0 Å². The van der Waals surface area contributed by atoms with Gasteiger partial charge in [-0.15, -0.1) is 0 Å². The van der Waals surface area contributed by atoms with Crippen LogP contribution in [0.2, 0.25) is 0 Å². The molecule has 1 atom stereocenters. The lowest BCUT2D eigenvalue weighted by Gasteiger charge is -2.25. The number of halogens is 1. The number of nitrogen functional groups attached to an aromatic ring is 1. The maximum absolute atomic E-state index is 13.1. The van der Waals surface area contributed by atoms with Gasteiger partial charge in [0.1, 0.15) is 5.82 Å². The Hall–Kier alpha value is -0.740. The largest absolute Gasteiger partial charge is 0.398 e. The van der Waals surface area contributed by atoms with E-state index in [4.69, 9.17) is 5.73 Å². The van der Waals surface area contributed by atoms with E-state index in [-0.39, 0.29) is 5.82 Å². The summed E-state index contributed by atoms with van der Waals surface area (Å²) >= 11 is 1.85. The van der Waals surface area contributed by atoms with Gasteiger partial charge in [-0.2, -0.15) is 11.8 Å². The second-order valence-electron chi connectivity index (χ2n) is 4.39. The molecule has 0 heterocycles. The van der Waals surface area contributed by atoms with E-state index in [0.29, 0.717) is 18.3 Å². The third-order valence-electron chi connectivity index (χ3n) is 3.02. The highest BCUT2D eigenvalue weighted by atomic mass is 32.2. The fourth-order valence-corrected chi connectivity index (χ4v) is 2.22. The summed E-state index contributed by atoms with van der Waals surface area (Å²) in [5, 5.41) is 0. The summed E-state index contributed by atoms with van der Waals surface area (Å²) in [4.78, 5) is 2.21. The van der Waals surface area contributed by atoms with Crippen molar-refractivity contribution in [3.8, 4) is 0 Å². The van der Waals surface area contributed by atoms with Crippen molar-refractivity contribution < 1.29 is 4.39 Å². The van der Waals surface area contributed by atoms with Crippen molar-refractivity contribution >= 4 is 17.4 Å². The minimum Gasteiger partial charge on any atom is -0.398 e. The predicted molar refractivity (Wildman–Crippen MR) is 74.7 cm³/mol. The van der Waals surface area contributed by atoms with Crippen molar-refractivity contribution in [1.82, 2.24) is 4.90 Å². The van der Waals surface area contributed by atoms with E-state index in [0.717, 1.165) is 17.7 Å². The molecule has 1 unspecified atom stereocenters. The smallest absolute Gasteiger partial charge is 0.123 e. The molecule has 0 spiro atoms. The number of hydrogen-bond donors (Lipinski definition) is 1. The molecular weight excluding hydrogens is 235 g/mol. The van der Waals surface area contributed by atoms with Crippen LogP contribution in [0.5, 0.6) is 0 Å². The van der Waals surface area contributed by atoms with E-state index in [1.54, 1.807) is 6.07 Å². The molecule has 1 rings (SSSR count). The first-order chi connectivity index (χ1) is 8.04. The Morgan fingerprint density at radius 3 is 2.82 bits per heavy atom. The molecule has 2 nitrogen and oxygen atoms in total. The van der Waals surface area contributed by atoms with Crippen molar-refractivity contribution in [3.05, 3.63) is 29.6 Å². The molecule has 0 amide bonds. The van der Waals surface area contributed by atoms with Crippen LogP contribution < -0.4 is 5.73 Å². The first-order valence-electron chi connectivity index (χ1n) is 5.77. The fourth-order valence-electron chi connectivity index (χ4n) is 1.64. The lowest BCUT2D eigenvalue weighted by Crippen LogP contribution is -2.29. The Morgan fingerprint density at radius 1 is 1.47 bits per heavy atom. The summed E-state index contributed by atoms with van der Waals surface area (Å²) in [5.41, 5.74) is 7.37. The standard InChI is InChI=1S/C13H21FN2S/c1-10(6-7-17-3)16(2)9-11-8-12(14)4-5-13(11)15/h4-5,8,10H,6-7,9,15H2,1-3H3. The van der Waals surface area contributed by atoms with Gasteiger partial charge in [0.15, 0.2) is 0 Å². The van der Waals surface area contributed by atoms with Crippen molar-refractivity contribution in [2.75, 3.05) is 24.8 Å². The summed E-state index contributed by atoms with van der Waals surface area (Å²) in [7, 11) is 2.05. The third-order valence-corrected chi connectivity index (χ3v) is 3.66. The monoisotopic (exact) mass is 256 g/mol. The van der Waals surface area contributed by atoms with Crippen LogP contribution in [-0.4, -0.2) is 30.0 Å². The van der Waals surface area contributed by atoms with E-state index < -0.39 is 0 Å². The molecule has 0 bridgehead atoms. The van der Waals surface area contributed by atoms with Gasteiger partial charge in [0.25, 0.3) is 0 Å². The van der Waals surface area contributed by atoms with E-state index in [1.165, 1.54) is 12.1 Å². The molecule has 1 aromatic rings. The molecule has 0 saturated heterocycles. The van der Waals surface area contributed by atoms with Gasteiger partial charge in [0, 0.05) is 18.3 Å². The SMILES string of the molecule is CSCCC(C)N(C)Cc1cc(F)ccc1N. The highest BCUT2D eigenvalue weighted by Crippen LogP contribution is 2.17. The van der Waals surface area contributed by atoms with Crippen LogP contribution in [0.3, 0.4) is 0 Å². The number of nitrogens with zero attached hydrogens (tertiary/aromatic N) is 1. The van der Waals surface area contributed by atoms with Crippen LogP contribution in [0.15, 0.2) is 18.2 Å². The van der Waals surface area contributed by atoms with Gasteiger partial charge in [-0.25, -0.2) is 4.39 Å². The zero-order valence-corrected chi connectivity index (χ0v) is 11.6. The van der Waals surface area contributed by atoms with Crippen LogP contribution in [0.25, 0.3) is 0 Å². The van der Waals surface area contributed by atoms with E-state index in [1.807, 2.05) is 11.8 Å². The Bertz CT molecular complexity index is 357. The van der Waals surface area contributed by atoms with Crippen molar-refractivity contribution in [2.24, 2.45) is 0 Å². The highest BCUT2D eigenvalue weighted by Gasteiger charge is 2.11. The summed E-state index contributed by atoms with van der Waals surface area (Å²) < 4.78 is 13.1. The van der Waals surface area contributed by atoms with Crippen LogP contribution >= 0.6 is 11.8 Å². The number of nitrogens with two attached hydrogens (primary N) is 1. The summed E-state index contributed by atoms with van der Waals surface area (Å²) in [5.74, 6) is 0.920. The molecule has 0 radical (unpaired) electrons. The minimum absolute atomic E-state index is 0.223. The maximum Gasteiger partial charge on any atom is 0.123 e. The average molecular weight is 256 g/mol. The molecule has 0 aromatic heterocycles. The second-order valence-corrected chi connectivity index (χ2v) is 5.37. The average Bonchev–Trinajstić information content (AvgIpc) is 2.30. The zero-order valence-electron chi connectivity index (χ0n) is 10.7. The first-order valence-corrected chi connectivity index (χ1v) is 7.17. The van der Waals surface area contributed by atoms with Gasteiger partial charge in [0.05, 0.1) is 0 Å². The van der Waals surface area contributed by atoms with Crippen LogP contribution in [0.4, 0.5) is 10.1 Å². The predicted octanol–water partition coefficient (Wildman–Crippen LogP) is 2.98. The number of benzene rings is 1. The molecule has 4 heteroatoms. The van der Waals surface area contributed by atoms with Gasteiger partial charge in [-0.1, -0.05) is 0 Å². The molecule has 17 heavy (non-hydrogen) atoms. The van der Waals surface area contributed by atoms with E-state index in [9.17, 15) is 4.39 Å². The van der Waals surface area contributed by atoms with Gasteiger partial charge in [-0.3, -0.25) is 4.90 Å². The first kappa shape index (κ1) is 14.3. The maximum atomic E-state index is 13.1. The second kappa shape index (κ2) is 6.87. The minimum atomic E-state index is -0.223. The molecular formula is C13H21FN2S. The van der Waals surface area contributed by atoms with E-state index in [2.05, 4.69) is 25.1 Å². The summed E-state index contributed by atoms with van der Waals surface area (Å²) in [6.07, 6.45) is 3.24.